The van der Waals surface area contributed by atoms with Crippen LogP contribution in [0.1, 0.15) is 21.7 Å². The van der Waals surface area contributed by atoms with Gasteiger partial charge in [-0.1, -0.05) is 30.3 Å². The molecule has 0 N–H and O–H groups in total. The Balaban J connectivity index is 2.10. The lowest BCUT2D eigenvalue weighted by Gasteiger charge is -2.08. The number of hydrogen-bond acceptors (Lipinski definition) is 2. The van der Waals surface area contributed by atoms with Crippen molar-refractivity contribution < 1.29 is 9.21 Å². The molecule has 3 aromatic rings. The lowest BCUT2D eigenvalue weighted by atomic mass is 9.95. The van der Waals surface area contributed by atoms with Crippen molar-refractivity contribution in [1.82, 2.24) is 0 Å². The lowest BCUT2D eigenvalue weighted by Crippen LogP contribution is -1.86. The number of carbonyl (C=O) groups excluding carboxylic acids is 1. The predicted octanol–water partition coefficient (Wildman–Crippen LogP) is 4.01. The Labute approximate surface area is 110 Å². The first-order valence-corrected chi connectivity index (χ1v) is 6.45. The molecule has 1 heterocycles. The first-order chi connectivity index (χ1) is 9.38. The van der Waals surface area contributed by atoms with E-state index in [-0.39, 0.29) is 0 Å². The molecule has 1 aliphatic carbocycles. The van der Waals surface area contributed by atoms with Gasteiger partial charge in [-0.05, 0) is 46.4 Å². The fourth-order valence-electron chi connectivity index (χ4n) is 3.12. The highest BCUT2D eigenvalue weighted by atomic mass is 16.3. The number of aryl methyl sites for hydroxylation is 2. The van der Waals surface area contributed by atoms with Gasteiger partial charge in [-0.15, -0.1) is 0 Å². The van der Waals surface area contributed by atoms with Crippen LogP contribution < -0.4 is 0 Å². The number of benzene rings is 2. The van der Waals surface area contributed by atoms with Crippen LogP contribution in [-0.2, 0) is 12.8 Å². The molecule has 1 aliphatic rings. The van der Waals surface area contributed by atoms with Gasteiger partial charge < -0.3 is 4.42 Å². The zero-order chi connectivity index (χ0) is 12.8. The van der Waals surface area contributed by atoms with Crippen molar-refractivity contribution in [3.8, 4) is 11.1 Å². The van der Waals surface area contributed by atoms with Crippen molar-refractivity contribution in [1.29, 1.82) is 0 Å². The van der Waals surface area contributed by atoms with Gasteiger partial charge in [-0.2, -0.15) is 0 Å². The topological polar surface area (TPSA) is 30.2 Å². The Morgan fingerprint density at radius 1 is 0.947 bits per heavy atom. The molecule has 0 bridgehead atoms. The highest BCUT2D eigenvalue weighted by molar-refractivity contribution is 6.03. The summed E-state index contributed by atoms with van der Waals surface area (Å²) in [4.78, 5) is 11.1. The maximum atomic E-state index is 11.1. The Morgan fingerprint density at radius 3 is 2.63 bits per heavy atom. The van der Waals surface area contributed by atoms with Crippen LogP contribution in [0.4, 0.5) is 0 Å². The molecule has 0 unspecified atom stereocenters. The average molecular weight is 248 g/mol. The fourth-order valence-corrected chi connectivity index (χ4v) is 3.12. The lowest BCUT2D eigenvalue weighted by molar-refractivity contribution is 0.110. The normalized spacial score (nSPS) is 13.1. The summed E-state index contributed by atoms with van der Waals surface area (Å²) in [5, 5.41) is 2.58. The summed E-state index contributed by atoms with van der Waals surface area (Å²) >= 11 is 0. The molecule has 0 aliphatic heterocycles. The van der Waals surface area contributed by atoms with E-state index >= 15 is 0 Å². The molecule has 92 valence electrons. The van der Waals surface area contributed by atoms with Crippen molar-refractivity contribution in [2.24, 2.45) is 0 Å². The highest BCUT2D eigenvalue weighted by Crippen LogP contribution is 2.37. The van der Waals surface area contributed by atoms with Gasteiger partial charge in [0.15, 0.2) is 12.0 Å². The van der Waals surface area contributed by atoms with E-state index in [9.17, 15) is 4.79 Å². The molecular weight excluding hydrogens is 236 g/mol. The zero-order valence-corrected chi connectivity index (χ0v) is 10.3. The summed E-state index contributed by atoms with van der Waals surface area (Å²) in [6, 6.07) is 12.6. The molecule has 2 aromatic carbocycles. The van der Waals surface area contributed by atoms with Crippen LogP contribution >= 0.6 is 0 Å². The van der Waals surface area contributed by atoms with Crippen LogP contribution in [0.15, 0.2) is 47.1 Å². The summed E-state index contributed by atoms with van der Waals surface area (Å²) in [5.74, 6) is 0.402. The van der Waals surface area contributed by atoms with Crippen molar-refractivity contribution in [3.63, 3.8) is 0 Å². The van der Waals surface area contributed by atoms with Gasteiger partial charge in [0.25, 0.3) is 0 Å². The number of rotatable bonds is 2. The van der Waals surface area contributed by atoms with Gasteiger partial charge in [-0.25, -0.2) is 0 Å². The monoisotopic (exact) mass is 248 g/mol. The average Bonchev–Trinajstić information content (AvgIpc) is 3.07. The van der Waals surface area contributed by atoms with Crippen molar-refractivity contribution in [3.05, 3.63) is 59.5 Å². The van der Waals surface area contributed by atoms with Gasteiger partial charge in [0.2, 0.25) is 0 Å². The van der Waals surface area contributed by atoms with E-state index in [0.717, 1.165) is 30.3 Å². The van der Waals surface area contributed by atoms with E-state index in [4.69, 9.17) is 4.42 Å². The molecule has 0 saturated heterocycles. The number of furan rings is 1. The number of hydrogen-bond donors (Lipinski definition) is 0. The maximum Gasteiger partial charge on any atom is 0.185 e. The van der Waals surface area contributed by atoms with Crippen LogP contribution in [0.2, 0.25) is 0 Å². The Bertz CT molecular complexity index is 786. The van der Waals surface area contributed by atoms with Gasteiger partial charge in [-0.3, -0.25) is 4.79 Å². The van der Waals surface area contributed by atoms with E-state index in [1.165, 1.54) is 21.9 Å². The van der Waals surface area contributed by atoms with E-state index in [0.29, 0.717) is 5.76 Å². The molecule has 1 aromatic heterocycles. The molecule has 0 amide bonds. The third-order valence-electron chi connectivity index (χ3n) is 3.97. The zero-order valence-electron chi connectivity index (χ0n) is 10.3. The van der Waals surface area contributed by atoms with E-state index in [1.807, 2.05) is 6.07 Å². The quantitative estimate of drug-likeness (QED) is 0.641. The molecule has 19 heavy (non-hydrogen) atoms. The van der Waals surface area contributed by atoms with E-state index in [1.54, 1.807) is 6.26 Å². The van der Waals surface area contributed by atoms with Gasteiger partial charge in [0.1, 0.15) is 0 Å². The van der Waals surface area contributed by atoms with Crippen LogP contribution in [0.25, 0.3) is 21.9 Å². The maximum absolute atomic E-state index is 11.1. The molecule has 2 heteroatoms. The van der Waals surface area contributed by atoms with Crippen molar-refractivity contribution in [2.45, 2.75) is 12.8 Å². The van der Waals surface area contributed by atoms with Crippen LogP contribution in [0, 0.1) is 0 Å². The fraction of sp³-hybridized carbons (Fsp3) is 0.118. The van der Waals surface area contributed by atoms with E-state index in [2.05, 4.69) is 30.3 Å². The highest BCUT2D eigenvalue weighted by Gasteiger charge is 2.18. The number of aldehydes is 1. The molecule has 0 radical (unpaired) electrons. The summed E-state index contributed by atoms with van der Waals surface area (Å²) in [6.07, 6.45) is 4.57. The molecule has 0 saturated carbocycles. The minimum atomic E-state index is 0.402. The second-order valence-corrected chi connectivity index (χ2v) is 4.93. The minimum Gasteiger partial charge on any atom is -0.461 e. The minimum absolute atomic E-state index is 0.402. The van der Waals surface area contributed by atoms with Gasteiger partial charge in [0.05, 0.1) is 6.26 Å². The summed E-state index contributed by atoms with van der Waals surface area (Å²) in [5.41, 5.74) is 4.78. The molecule has 0 spiro atoms. The third kappa shape index (κ3) is 1.40. The van der Waals surface area contributed by atoms with Crippen molar-refractivity contribution >= 4 is 17.1 Å². The summed E-state index contributed by atoms with van der Waals surface area (Å²) in [7, 11) is 0. The Hall–Kier alpha value is -2.35. The van der Waals surface area contributed by atoms with E-state index < -0.39 is 0 Å². The first kappa shape index (κ1) is 10.6. The third-order valence-corrected chi connectivity index (χ3v) is 3.97. The van der Waals surface area contributed by atoms with Crippen molar-refractivity contribution in [2.75, 3.05) is 0 Å². The molecular formula is C17H12O2. The first-order valence-electron chi connectivity index (χ1n) is 6.45. The van der Waals surface area contributed by atoms with Gasteiger partial charge in [0, 0.05) is 5.56 Å². The molecule has 2 nitrogen and oxygen atoms in total. The van der Waals surface area contributed by atoms with Crippen LogP contribution in [0.5, 0.6) is 0 Å². The molecule has 0 fully saturated rings. The SMILES string of the molecule is O=Cc1occc1-c1ccc2c3c(cccc13)CC2. The van der Waals surface area contributed by atoms with Crippen LogP contribution in [0.3, 0.4) is 0 Å². The predicted molar refractivity (Wildman–Crippen MR) is 74.4 cm³/mol. The Kier molecular flexibility index (Phi) is 2.12. The smallest absolute Gasteiger partial charge is 0.185 e. The number of carbonyl (C=O) groups is 1. The standard InChI is InChI=1S/C17H12O2/c18-10-16-14(8-9-19-16)13-7-6-12-5-4-11-2-1-3-15(13)17(11)12/h1-3,6-10H,4-5H2. The molecule has 4 rings (SSSR count). The second kappa shape index (κ2) is 3.82. The second-order valence-electron chi connectivity index (χ2n) is 4.93. The van der Waals surface area contributed by atoms with Gasteiger partial charge >= 0.3 is 0 Å². The Morgan fingerprint density at radius 2 is 1.79 bits per heavy atom. The molecule has 0 atom stereocenters. The summed E-state index contributed by atoms with van der Waals surface area (Å²) < 4.78 is 5.23. The van der Waals surface area contributed by atoms with Crippen LogP contribution in [-0.4, -0.2) is 6.29 Å². The summed E-state index contributed by atoms with van der Waals surface area (Å²) in [6.45, 7) is 0. The largest absolute Gasteiger partial charge is 0.461 e.